The predicted molar refractivity (Wildman–Crippen MR) is 148 cm³/mol. The number of thioether (sulfide) groups is 1. The lowest BCUT2D eigenvalue weighted by Crippen LogP contribution is -2.46. The van der Waals surface area contributed by atoms with Crippen LogP contribution in [0.4, 0.5) is 5.69 Å². The number of benzene rings is 2. The summed E-state index contributed by atoms with van der Waals surface area (Å²) in [7, 11) is 0. The van der Waals surface area contributed by atoms with E-state index in [-0.39, 0.29) is 51.4 Å². The number of nitrogens with zero attached hydrogens (tertiary/aromatic N) is 1. The standard InChI is InChI=1S/C28H24ClN3O5S2/c1-11(24(34)30-13-8-6-12(29)7-9-13)32-26(35)20-15-10-16(21(20)27(32)36)22-19(15)18(14-4-2-3-5-17(14)33)23-25(38-22)31-28(37)39-23/h2-9,11,15-16,18-22,33H,10H2,1H3,(H,30,34)(H,31,37). The van der Waals surface area contributed by atoms with E-state index in [4.69, 9.17) is 11.6 Å². The van der Waals surface area contributed by atoms with Crippen LogP contribution in [0.1, 0.15) is 29.7 Å². The molecule has 2 aromatic carbocycles. The Kier molecular flexibility index (Phi) is 5.73. The number of hydrogen-bond donors (Lipinski definition) is 3. The Labute approximate surface area is 236 Å². The summed E-state index contributed by atoms with van der Waals surface area (Å²) in [5.41, 5.74) is 1.27. The first-order valence-corrected chi connectivity index (χ1v) is 14.9. The number of likely N-dealkylation sites (tertiary alicyclic amines) is 1. The minimum Gasteiger partial charge on any atom is -0.508 e. The highest BCUT2D eigenvalue weighted by Gasteiger charge is 2.70. The molecular weight excluding hydrogens is 558 g/mol. The smallest absolute Gasteiger partial charge is 0.305 e. The molecule has 2 saturated carbocycles. The normalized spacial score (nSPS) is 31.1. The molecule has 4 aliphatic rings. The highest BCUT2D eigenvalue weighted by atomic mass is 35.5. The van der Waals surface area contributed by atoms with Crippen LogP contribution in [0.3, 0.4) is 0 Å². The minimum absolute atomic E-state index is 0.00788. The monoisotopic (exact) mass is 581 g/mol. The Balaban J connectivity index is 1.22. The van der Waals surface area contributed by atoms with Crippen molar-refractivity contribution in [1.29, 1.82) is 0 Å². The van der Waals surface area contributed by atoms with Crippen molar-refractivity contribution in [3.05, 3.63) is 73.7 Å². The van der Waals surface area contributed by atoms with Crippen molar-refractivity contribution >= 4 is 58.1 Å². The largest absolute Gasteiger partial charge is 0.508 e. The molecule has 3 fully saturated rings. The first kappa shape index (κ1) is 24.9. The fourth-order valence-electron chi connectivity index (χ4n) is 7.42. The van der Waals surface area contributed by atoms with Crippen molar-refractivity contribution in [2.24, 2.45) is 29.6 Å². The van der Waals surface area contributed by atoms with Crippen LogP contribution in [-0.4, -0.2) is 44.0 Å². The van der Waals surface area contributed by atoms with Gasteiger partial charge in [-0.15, -0.1) is 11.8 Å². The summed E-state index contributed by atoms with van der Waals surface area (Å²) in [5.74, 6) is -2.32. The van der Waals surface area contributed by atoms with Crippen LogP contribution in [0.5, 0.6) is 5.75 Å². The maximum atomic E-state index is 13.9. The molecule has 3 N–H and O–H groups in total. The first-order valence-electron chi connectivity index (χ1n) is 12.9. The zero-order chi connectivity index (χ0) is 27.2. The highest BCUT2D eigenvalue weighted by Crippen LogP contribution is 2.69. The van der Waals surface area contributed by atoms with Gasteiger partial charge in [-0.25, -0.2) is 0 Å². The number of fused-ring (bicyclic) bond motifs is 9. The predicted octanol–water partition coefficient (Wildman–Crippen LogP) is 4.30. The van der Waals surface area contributed by atoms with Gasteiger partial charge in [0.1, 0.15) is 11.8 Å². The molecule has 11 heteroatoms. The Bertz CT molecular complexity index is 1590. The number of amides is 3. The number of aromatic hydroxyl groups is 1. The number of hydrogen-bond acceptors (Lipinski definition) is 7. The minimum atomic E-state index is -0.965. The maximum absolute atomic E-state index is 13.9. The molecule has 8 unspecified atom stereocenters. The van der Waals surface area contributed by atoms with Crippen LogP contribution in [-0.2, 0) is 14.4 Å². The number of phenols is 1. The fourth-order valence-corrected chi connectivity index (χ4v) is 10.4. The lowest BCUT2D eigenvalue weighted by atomic mass is 9.68. The van der Waals surface area contributed by atoms with Crippen LogP contribution in [0.15, 0.2) is 58.4 Å². The number of para-hydroxylation sites is 1. The SMILES string of the molecule is CC(C(=O)Nc1ccc(Cl)cc1)N1C(=O)C2C3CC(C2C1=O)C1C(c2ccccc2O)c2sc(=O)[nH]c2SC31. The van der Waals surface area contributed by atoms with E-state index in [0.717, 1.165) is 38.1 Å². The number of carbonyl (C=O) groups excluding carboxylic acids is 3. The van der Waals surface area contributed by atoms with E-state index in [0.29, 0.717) is 10.7 Å². The number of aromatic nitrogens is 1. The molecule has 2 aliphatic carbocycles. The molecule has 8 atom stereocenters. The molecule has 0 radical (unpaired) electrons. The molecule has 7 rings (SSSR count). The van der Waals surface area contributed by atoms with Crippen molar-refractivity contribution in [2.45, 2.75) is 35.6 Å². The Morgan fingerprint density at radius 3 is 2.49 bits per heavy atom. The molecular formula is C28H24ClN3O5S2. The van der Waals surface area contributed by atoms with E-state index in [1.54, 1.807) is 55.1 Å². The Morgan fingerprint density at radius 2 is 1.77 bits per heavy atom. The number of carbonyl (C=O) groups is 3. The molecule has 0 spiro atoms. The lowest BCUT2D eigenvalue weighted by molar-refractivity contribution is -0.146. The van der Waals surface area contributed by atoms with Gasteiger partial charge in [-0.05, 0) is 61.4 Å². The lowest BCUT2D eigenvalue weighted by Gasteiger charge is -2.43. The number of H-pyrrole nitrogens is 1. The number of imide groups is 1. The molecule has 3 aromatic rings. The van der Waals surface area contributed by atoms with Crippen LogP contribution in [0.2, 0.25) is 5.02 Å². The summed E-state index contributed by atoms with van der Waals surface area (Å²) in [6.07, 6.45) is 0.734. The second kappa shape index (κ2) is 8.97. The summed E-state index contributed by atoms with van der Waals surface area (Å²) in [6.45, 7) is 1.58. The van der Waals surface area contributed by atoms with Gasteiger partial charge in [0.2, 0.25) is 17.7 Å². The van der Waals surface area contributed by atoms with Crippen molar-refractivity contribution in [1.82, 2.24) is 9.88 Å². The van der Waals surface area contributed by atoms with Crippen molar-refractivity contribution < 1.29 is 19.5 Å². The van der Waals surface area contributed by atoms with Gasteiger partial charge in [0.25, 0.3) is 0 Å². The van der Waals surface area contributed by atoms with Gasteiger partial charge in [-0.3, -0.25) is 24.1 Å². The highest BCUT2D eigenvalue weighted by molar-refractivity contribution is 8.00. The first-order chi connectivity index (χ1) is 18.7. The molecule has 8 nitrogen and oxygen atoms in total. The summed E-state index contributed by atoms with van der Waals surface area (Å²) in [4.78, 5) is 57.9. The number of rotatable bonds is 4. The zero-order valence-corrected chi connectivity index (χ0v) is 23.1. The van der Waals surface area contributed by atoms with Crippen LogP contribution in [0, 0.1) is 29.6 Å². The van der Waals surface area contributed by atoms with Gasteiger partial charge >= 0.3 is 4.87 Å². The summed E-state index contributed by atoms with van der Waals surface area (Å²) >= 11 is 8.67. The number of aromatic amines is 1. The molecule has 2 aliphatic heterocycles. The topological polar surface area (TPSA) is 120 Å². The van der Waals surface area contributed by atoms with Crippen molar-refractivity contribution in [3.63, 3.8) is 0 Å². The van der Waals surface area contributed by atoms with Crippen LogP contribution < -0.4 is 10.2 Å². The number of thiazole rings is 1. The second-order valence-electron chi connectivity index (χ2n) is 10.7. The van der Waals surface area contributed by atoms with Crippen LogP contribution >= 0.6 is 34.7 Å². The summed E-state index contributed by atoms with van der Waals surface area (Å²) < 4.78 is 0. The van der Waals surface area contributed by atoms with Gasteiger partial charge < -0.3 is 15.4 Å². The van der Waals surface area contributed by atoms with E-state index < -0.39 is 23.8 Å². The third kappa shape index (κ3) is 3.64. The van der Waals surface area contributed by atoms with Gasteiger partial charge in [0.15, 0.2) is 0 Å². The second-order valence-corrected chi connectivity index (χ2v) is 13.4. The third-order valence-corrected chi connectivity index (χ3v) is 11.7. The van der Waals surface area contributed by atoms with Gasteiger partial charge in [0, 0.05) is 32.3 Å². The average molecular weight is 582 g/mol. The van der Waals surface area contributed by atoms with E-state index in [9.17, 15) is 24.3 Å². The van der Waals surface area contributed by atoms with Gasteiger partial charge in [-0.2, -0.15) is 0 Å². The average Bonchev–Trinajstić information content (AvgIpc) is 3.64. The molecule has 3 heterocycles. The van der Waals surface area contributed by atoms with E-state index in [1.807, 2.05) is 12.1 Å². The molecule has 1 saturated heterocycles. The third-order valence-electron chi connectivity index (χ3n) is 8.91. The van der Waals surface area contributed by atoms with Crippen LogP contribution in [0.25, 0.3) is 0 Å². The zero-order valence-electron chi connectivity index (χ0n) is 20.7. The van der Waals surface area contributed by atoms with Crippen molar-refractivity contribution in [2.75, 3.05) is 5.32 Å². The summed E-state index contributed by atoms with van der Waals surface area (Å²) in [6, 6.07) is 12.8. The molecule has 3 amide bonds. The number of phenolic OH excluding ortho intramolecular Hbond substituents is 1. The Morgan fingerprint density at radius 1 is 1.08 bits per heavy atom. The van der Waals surface area contributed by atoms with E-state index in [1.165, 1.54) is 0 Å². The molecule has 1 aromatic heterocycles. The van der Waals surface area contributed by atoms with Gasteiger partial charge in [-0.1, -0.05) is 41.1 Å². The van der Waals surface area contributed by atoms with E-state index >= 15 is 0 Å². The fraction of sp³-hybridized carbons (Fsp3) is 0.357. The van der Waals surface area contributed by atoms with Gasteiger partial charge in [0.05, 0.1) is 16.9 Å². The molecule has 200 valence electrons. The number of anilines is 1. The quantitative estimate of drug-likeness (QED) is 0.395. The molecule has 2 bridgehead atoms. The van der Waals surface area contributed by atoms with Crippen molar-refractivity contribution in [3.8, 4) is 5.75 Å². The number of halogens is 1. The number of nitrogens with one attached hydrogen (secondary N) is 2. The Hall–Kier alpha value is -3.08. The summed E-state index contributed by atoms with van der Waals surface area (Å²) in [5, 5.41) is 14.9. The van der Waals surface area contributed by atoms with E-state index in [2.05, 4.69) is 10.3 Å². The maximum Gasteiger partial charge on any atom is 0.305 e. The molecule has 39 heavy (non-hydrogen) atoms.